The smallest absolute Gasteiger partial charge is 0.326 e. The van der Waals surface area contributed by atoms with Crippen LogP contribution in [0.2, 0.25) is 0 Å². The summed E-state index contributed by atoms with van der Waals surface area (Å²) in [7, 11) is 1.23. The Labute approximate surface area is 214 Å². The second-order valence-electron chi connectivity index (χ2n) is 10.4. The molecule has 9 heteroatoms. The molecule has 0 saturated carbocycles. The molecule has 1 rings (SSSR count). The van der Waals surface area contributed by atoms with Crippen molar-refractivity contribution >= 4 is 23.9 Å². The van der Waals surface area contributed by atoms with Crippen LogP contribution in [-0.4, -0.2) is 42.6 Å². The van der Waals surface area contributed by atoms with E-state index in [0.717, 1.165) is 0 Å². The number of esters is 4. The van der Waals surface area contributed by atoms with E-state index in [-0.39, 0.29) is 54.9 Å². The summed E-state index contributed by atoms with van der Waals surface area (Å²) >= 11 is 0. The highest BCUT2D eigenvalue weighted by atomic mass is 16.6. The van der Waals surface area contributed by atoms with Gasteiger partial charge in [-0.15, -0.1) is 0 Å². The summed E-state index contributed by atoms with van der Waals surface area (Å²) in [6, 6.07) is 4.66. The zero-order chi connectivity index (χ0) is 27.6. The average molecular weight is 508 g/mol. The zero-order valence-electron chi connectivity index (χ0n) is 22.7. The average Bonchev–Trinajstić information content (AvgIpc) is 2.73. The molecule has 1 unspecified atom stereocenters. The van der Waals surface area contributed by atoms with Crippen molar-refractivity contribution in [3.63, 3.8) is 0 Å². The number of nitrogens with two attached hydrogens (primary N) is 1. The minimum absolute atomic E-state index is 0.00179. The van der Waals surface area contributed by atoms with Gasteiger partial charge in [0, 0.05) is 25.7 Å². The molecule has 0 fully saturated rings. The van der Waals surface area contributed by atoms with Crippen LogP contribution < -0.4 is 15.2 Å². The number of methoxy groups -OCH3 is 1. The third kappa shape index (κ3) is 10.4. The summed E-state index contributed by atoms with van der Waals surface area (Å²) in [5.41, 5.74) is 5.48. The fraction of sp³-hybridized carbons (Fsp3) is 0.630. The standard InChI is InChI=1S/C27H41NO8/c1-16(2)11-23(29)35-21-10-9-20(13-22(21)36-24(30)12-17(3)4)15-27(28,26(32)33-8)14-19(7)34-25(31)18(5)6/h9-10,13,16-19H,11-12,14-15,28H2,1-8H3/t19-,27?/m0/s1. The van der Waals surface area contributed by atoms with Crippen molar-refractivity contribution in [3.05, 3.63) is 23.8 Å². The second-order valence-corrected chi connectivity index (χ2v) is 10.4. The third-order valence-electron chi connectivity index (χ3n) is 5.16. The largest absolute Gasteiger partial charge is 0.468 e. The van der Waals surface area contributed by atoms with E-state index in [0.29, 0.717) is 5.56 Å². The fourth-order valence-corrected chi connectivity index (χ4v) is 3.51. The van der Waals surface area contributed by atoms with E-state index >= 15 is 0 Å². The first-order valence-electron chi connectivity index (χ1n) is 12.3. The molecule has 9 nitrogen and oxygen atoms in total. The fourth-order valence-electron chi connectivity index (χ4n) is 3.51. The van der Waals surface area contributed by atoms with E-state index < -0.39 is 35.5 Å². The molecule has 2 N–H and O–H groups in total. The number of carbonyl (C=O) groups is 4. The van der Waals surface area contributed by atoms with Gasteiger partial charge in [0.1, 0.15) is 11.6 Å². The van der Waals surface area contributed by atoms with E-state index in [1.54, 1.807) is 26.8 Å². The van der Waals surface area contributed by atoms with Crippen LogP contribution in [0, 0.1) is 17.8 Å². The monoisotopic (exact) mass is 507 g/mol. The van der Waals surface area contributed by atoms with E-state index in [1.807, 2.05) is 27.7 Å². The molecule has 0 aliphatic carbocycles. The number of carbonyl (C=O) groups excluding carboxylic acids is 4. The maximum atomic E-state index is 12.6. The maximum Gasteiger partial charge on any atom is 0.326 e. The molecule has 0 heterocycles. The van der Waals surface area contributed by atoms with Gasteiger partial charge in [-0.25, -0.2) is 0 Å². The molecule has 1 aromatic carbocycles. The molecule has 0 aliphatic rings. The molecule has 1 aromatic rings. The van der Waals surface area contributed by atoms with E-state index in [4.69, 9.17) is 24.7 Å². The highest BCUT2D eigenvalue weighted by molar-refractivity contribution is 5.81. The first kappa shape index (κ1) is 31.1. The second kappa shape index (κ2) is 14.0. The van der Waals surface area contributed by atoms with Gasteiger partial charge in [0.2, 0.25) is 0 Å². The molecule has 2 atom stereocenters. The number of hydrogen-bond acceptors (Lipinski definition) is 9. The summed E-state index contributed by atoms with van der Waals surface area (Å²) in [6.07, 6.45) is -0.277. The molecule has 0 aromatic heterocycles. The first-order valence-corrected chi connectivity index (χ1v) is 12.3. The minimum Gasteiger partial charge on any atom is -0.468 e. The van der Waals surface area contributed by atoms with Gasteiger partial charge in [0.15, 0.2) is 11.5 Å². The van der Waals surface area contributed by atoms with Crippen LogP contribution in [-0.2, 0) is 35.1 Å². The van der Waals surface area contributed by atoms with Gasteiger partial charge in [-0.05, 0) is 36.5 Å². The topological polar surface area (TPSA) is 131 Å². The highest BCUT2D eigenvalue weighted by Crippen LogP contribution is 2.32. The van der Waals surface area contributed by atoms with Gasteiger partial charge in [-0.1, -0.05) is 47.6 Å². The lowest BCUT2D eigenvalue weighted by Crippen LogP contribution is -2.53. The van der Waals surface area contributed by atoms with Crippen LogP contribution in [0.15, 0.2) is 18.2 Å². The lowest BCUT2D eigenvalue weighted by molar-refractivity contribution is -0.157. The van der Waals surface area contributed by atoms with Crippen LogP contribution >= 0.6 is 0 Å². The van der Waals surface area contributed by atoms with Crippen molar-refractivity contribution in [1.29, 1.82) is 0 Å². The van der Waals surface area contributed by atoms with Crippen molar-refractivity contribution in [3.8, 4) is 11.5 Å². The summed E-state index contributed by atoms with van der Waals surface area (Å²) < 4.78 is 21.3. The molecule has 0 bridgehead atoms. The van der Waals surface area contributed by atoms with Crippen molar-refractivity contribution < 1.29 is 38.1 Å². The van der Waals surface area contributed by atoms with Crippen molar-refractivity contribution in [1.82, 2.24) is 0 Å². The van der Waals surface area contributed by atoms with Gasteiger partial charge in [0.25, 0.3) is 0 Å². The molecule has 202 valence electrons. The molecule has 0 radical (unpaired) electrons. The Morgan fingerprint density at radius 1 is 0.861 bits per heavy atom. The predicted octanol–water partition coefficient (Wildman–Crippen LogP) is 3.98. The first-order chi connectivity index (χ1) is 16.7. The molecule has 0 amide bonds. The minimum atomic E-state index is -1.53. The van der Waals surface area contributed by atoms with Crippen LogP contribution in [0.5, 0.6) is 11.5 Å². The molecule has 0 spiro atoms. The maximum absolute atomic E-state index is 12.6. The molecule has 36 heavy (non-hydrogen) atoms. The number of benzene rings is 1. The van der Waals surface area contributed by atoms with Gasteiger partial charge in [-0.3, -0.25) is 19.2 Å². The molecule has 0 aliphatic heterocycles. The van der Waals surface area contributed by atoms with Crippen LogP contribution in [0.3, 0.4) is 0 Å². The number of rotatable bonds is 13. The van der Waals surface area contributed by atoms with Gasteiger partial charge in [0.05, 0.1) is 13.0 Å². The summed E-state index contributed by atoms with van der Waals surface area (Å²) in [5, 5.41) is 0. The van der Waals surface area contributed by atoms with Crippen LogP contribution in [0.25, 0.3) is 0 Å². The lowest BCUT2D eigenvalue weighted by Gasteiger charge is -2.29. The Balaban J connectivity index is 3.27. The van der Waals surface area contributed by atoms with Crippen LogP contribution in [0.4, 0.5) is 0 Å². The van der Waals surface area contributed by atoms with Crippen molar-refractivity contribution in [2.75, 3.05) is 7.11 Å². The molecular weight excluding hydrogens is 466 g/mol. The quantitative estimate of drug-likeness (QED) is 0.311. The van der Waals surface area contributed by atoms with E-state index in [9.17, 15) is 19.2 Å². The Morgan fingerprint density at radius 3 is 1.86 bits per heavy atom. The zero-order valence-corrected chi connectivity index (χ0v) is 22.7. The SMILES string of the molecule is COC(=O)C(N)(Cc1ccc(OC(=O)CC(C)C)c(OC(=O)CC(C)C)c1)C[C@H](C)OC(=O)C(C)C. The Hall–Kier alpha value is -2.94. The lowest BCUT2D eigenvalue weighted by atomic mass is 9.86. The van der Waals surface area contributed by atoms with Gasteiger partial charge < -0.3 is 24.7 Å². The molecule has 0 saturated heterocycles. The Bertz CT molecular complexity index is 924. The number of hydrogen-bond donors (Lipinski definition) is 1. The Morgan fingerprint density at radius 2 is 1.39 bits per heavy atom. The highest BCUT2D eigenvalue weighted by Gasteiger charge is 2.38. The predicted molar refractivity (Wildman–Crippen MR) is 134 cm³/mol. The van der Waals surface area contributed by atoms with Crippen molar-refractivity contribution in [2.24, 2.45) is 23.5 Å². The Kier molecular flexibility index (Phi) is 12.1. The third-order valence-corrected chi connectivity index (χ3v) is 5.16. The number of ether oxygens (including phenoxy) is 4. The van der Waals surface area contributed by atoms with E-state index in [1.165, 1.54) is 19.2 Å². The van der Waals surface area contributed by atoms with Crippen molar-refractivity contribution in [2.45, 2.75) is 85.8 Å². The van der Waals surface area contributed by atoms with Crippen LogP contribution in [0.1, 0.15) is 73.3 Å². The summed E-state index contributed by atoms with van der Waals surface area (Å²) in [6.45, 7) is 12.6. The molecular formula is C27H41NO8. The van der Waals surface area contributed by atoms with Gasteiger partial charge in [-0.2, -0.15) is 0 Å². The summed E-state index contributed by atoms with van der Waals surface area (Å²) in [4.78, 5) is 49.3. The normalized spacial score (nSPS) is 13.8. The van der Waals surface area contributed by atoms with E-state index in [2.05, 4.69) is 0 Å². The van der Waals surface area contributed by atoms with Gasteiger partial charge >= 0.3 is 23.9 Å². The summed E-state index contributed by atoms with van der Waals surface area (Å²) in [5.74, 6) is -2.03.